The zero-order valence-corrected chi connectivity index (χ0v) is 16.0. The number of carbonyl (C=O) groups is 1. The molecule has 144 valence electrons. The van der Waals surface area contributed by atoms with Crippen LogP contribution < -0.4 is 10.2 Å². The lowest BCUT2D eigenvalue weighted by atomic mass is 10.2. The fourth-order valence-electron chi connectivity index (χ4n) is 2.19. The maximum absolute atomic E-state index is 12.4. The van der Waals surface area contributed by atoms with Crippen molar-refractivity contribution < 1.29 is 23.1 Å². The third kappa shape index (κ3) is 5.05. The fourth-order valence-corrected chi connectivity index (χ4v) is 3.32. The Kier molecular flexibility index (Phi) is 6.54. The summed E-state index contributed by atoms with van der Waals surface area (Å²) >= 11 is 0. The molecular formula is C18H21N3O5S. The molecule has 2 rings (SSSR count). The summed E-state index contributed by atoms with van der Waals surface area (Å²) in [6, 6.07) is 11.2. The molecule has 2 N–H and O–H groups in total. The van der Waals surface area contributed by atoms with Gasteiger partial charge in [0.25, 0.3) is 5.91 Å². The molecule has 0 unspecified atom stereocenters. The van der Waals surface area contributed by atoms with Gasteiger partial charge in [-0.2, -0.15) is 9.41 Å². The molecule has 0 aliphatic carbocycles. The van der Waals surface area contributed by atoms with Gasteiger partial charge in [0.1, 0.15) is 0 Å². The minimum atomic E-state index is -3.78. The lowest BCUT2D eigenvalue weighted by Crippen LogP contribution is -2.36. The molecular weight excluding hydrogens is 370 g/mol. The first-order valence-corrected chi connectivity index (χ1v) is 9.40. The van der Waals surface area contributed by atoms with E-state index in [0.717, 1.165) is 9.87 Å². The smallest absolute Gasteiger partial charge is 0.255 e. The number of benzene rings is 2. The Bertz CT molecular complexity index is 940. The van der Waals surface area contributed by atoms with E-state index >= 15 is 0 Å². The Morgan fingerprint density at radius 2 is 1.93 bits per heavy atom. The van der Waals surface area contributed by atoms with Crippen LogP contribution >= 0.6 is 0 Å². The molecule has 0 aliphatic rings. The molecule has 0 saturated carbocycles. The van der Waals surface area contributed by atoms with Crippen molar-refractivity contribution in [3.8, 4) is 11.5 Å². The quantitative estimate of drug-likeness (QED) is 0.549. The molecule has 0 spiro atoms. The molecule has 2 aromatic rings. The Balaban J connectivity index is 2.00. The number of phenolic OH excluding ortho intramolecular Hbond substituents is 1. The Hall–Kier alpha value is -2.91. The van der Waals surface area contributed by atoms with Crippen LogP contribution in [0, 0.1) is 6.92 Å². The van der Waals surface area contributed by atoms with Gasteiger partial charge in [0.05, 0.1) is 24.8 Å². The van der Waals surface area contributed by atoms with Crippen molar-refractivity contribution in [1.82, 2.24) is 9.73 Å². The largest absolute Gasteiger partial charge is 0.504 e. The standard InChI is InChI=1S/C18H21N3O5S/c1-13-7-9-15(10-8-13)27(24,25)21(2)12-17(22)20-19-11-14-5-4-6-16(26-3)18(14)23/h4-11,23H,12H2,1-3H3,(H,20,22). The average molecular weight is 391 g/mol. The summed E-state index contributed by atoms with van der Waals surface area (Å²) in [5.41, 5.74) is 3.51. The number of hydrogen-bond acceptors (Lipinski definition) is 6. The number of ether oxygens (including phenoxy) is 1. The van der Waals surface area contributed by atoms with Gasteiger partial charge in [-0.05, 0) is 31.2 Å². The number of hydrazone groups is 1. The molecule has 0 radical (unpaired) electrons. The maximum atomic E-state index is 12.4. The van der Waals surface area contributed by atoms with E-state index in [0.29, 0.717) is 5.56 Å². The molecule has 0 heterocycles. The van der Waals surface area contributed by atoms with Crippen LogP contribution in [0.3, 0.4) is 0 Å². The van der Waals surface area contributed by atoms with E-state index in [9.17, 15) is 18.3 Å². The van der Waals surface area contributed by atoms with Crippen LogP contribution in [0.15, 0.2) is 52.5 Å². The van der Waals surface area contributed by atoms with Gasteiger partial charge >= 0.3 is 0 Å². The molecule has 8 nitrogen and oxygen atoms in total. The van der Waals surface area contributed by atoms with E-state index in [1.807, 2.05) is 6.92 Å². The first kappa shape index (κ1) is 20.4. The van der Waals surface area contributed by atoms with Gasteiger partial charge in [-0.3, -0.25) is 4.79 Å². The third-order valence-electron chi connectivity index (χ3n) is 3.74. The molecule has 0 saturated heterocycles. The van der Waals surface area contributed by atoms with Gasteiger partial charge in [0.15, 0.2) is 11.5 Å². The summed E-state index contributed by atoms with van der Waals surface area (Å²) in [6.45, 7) is 1.45. The summed E-state index contributed by atoms with van der Waals surface area (Å²) in [5.74, 6) is -0.460. The van der Waals surface area contributed by atoms with Crippen LogP contribution in [0.5, 0.6) is 11.5 Å². The number of aromatic hydroxyl groups is 1. The number of likely N-dealkylation sites (N-methyl/N-ethyl adjacent to an activating group) is 1. The number of rotatable bonds is 7. The van der Waals surface area contributed by atoms with Crippen molar-refractivity contribution in [2.24, 2.45) is 5.10 Å². The zero-order valence-electron chi connectivity index (χ0n) is 15.2. The highest BCUT2D eigenvalue weighted by molar-refractivity contribution is 7.89. The average Bonchev–Trinajstić information content (AvgIpc) is 2.63. The summed E-state index contributed by atoms with van der Waals surface area (Å²) in [5, 5.41) is 13.7. The van der Waals surface area contributed by atoms with Crippen LogP contribution in [-0.2, 0) is 14.8 Å². The third-order valence-corrected chi connectivity index (χ3v) is 5.56. The van der Waals surface area contributed by atoms with E-state index in [-0.39, 0.29) is 16.4 Å². The van der Waals surface area contributed by atoms with Crippen molar-refractivity contribution in [2.75, 3.05) is 20.7 Å². The molecule has 2 aromatic carbocycles. The second-order valence-electron chi connectivity index (χ2n) is 5.77. The number of nitrogens with one attached hydrogen (secondary N) is 1. The summed E-state index contributed by atoms with van der Waals surface area (Å²) in [4.78, 5) is 12.1. The Labute approximate surface area is 158 Å². The first-order chi connectivity index (χ1) is 12.8. The van der Waals surface area contributed by atoms with E-state index < -0.39 is 22.5 Å². The highest BCUT2D eigenvalue weighted by Gasteiger charge is 2.22. The highest BCUT2D eigenvalue weighted by atomic mass is 32.2. The van der Waals surface area contributed by atoms with Gasteiger partial charge in [-0.1, -0.05) is 23.8 Å². The predicted octanol–water partition coefficient (Wildman–Crippen LogP) is 1.48. The zero-order chi connectivity index (χ0) is 20.0. The minimum absolute atomic E-state index is 0.105. The summed E-state index contributed by atoms with van der Waals surface area (Å²) in [6.07, 6.45) is 1.24. The van der Waals surface area contributed by atoms with Crippen LogP contribution in [0.2, 0.25) is 0 Å². The molecule has 0 aromatic heterocycles. The lowest BCUT2D eigenvalue weighted by Gasteiger charge is -2.16. The van der Waals surface area contributed by atoms with E-state index in [2.05, 4.69) is 10.5 Å². The van der Waals surface area contributed by atoms with Crippen LogP contribution in [0.1, 0.15) is 11.1 Å². The minimum Gasteiger partial charge on any atom is -0.504 e. The molecule has 27 heavy (non-hydrogen) atoms. The maximum Gasteiger partial charge on any atom is 0.255 e. The number of hydrogen-bond donors (Lipinski definition) is 2. The van der Waals surface area contributed by atoms with Crippen LogP contribution in [0.25, 0.3) is 0 Å². The topological polar surface area (TPSA) is 108 Å². The van der Waals surface area contributed by atoms with Gasteiger partial charge in [-0.25, -0.2) is 13.8 Å². The normalized spacial score (nSPS) is 11.7. The van der Waals surface area contributed by atoms with E-state index in [1.165, 1.54) is 32.5 Å². The fraction of sp³-hybridized carbons (Fsp3) is 0.222. The summed E-state index contributed by atoms with van der Waals surface area (Å²) < 4.78 is 30.8. The van der Waals surface area contributed by atoms with Crippen molar-refractivity contribution in [3.05, 3.63) is 53.6 Å². The molecule has 0 aliphatic heterocycles. The van der Waals surface area contributed by atoms with E-state index in [4.69, 9.17) is 4.74 Å². The van der Waals surface area contributed by atoms with Gasteiger partial charge in [-0.15, -0.1) is 0 Å². The van der Waals surface area contributed by atoms with Crippen LogP contribution in [-0.4, -0.2) is 50.7 Å². The summed E-state index contributed by atoms with van der Waals surface area (Å²) in [7, 11) is -1.05. The second-order valence-corrected chi connectivity index (χ2v) is 7.81. The van der Waals surface area contributed by atoms with Crippen molar-refractivity contribution in [3.63, 3.8) is 0 Å². The van der Waals surface area contributed by atoms with Crippen molar-refractivity contribution in [1.29, 1.82) is 0 Å². The number of aryl methyl sites for hydroxylation is 1. The molecule has 0 atom stereocenters. The molecule has 9 heteroatoms. The first-order valence-electron chi connectivity index (χ1n) is 7.96. The van der Waals surface area contributed by atoms with Crippen LogP contribution in [0.4, 0.5) is 0 Å². The highest BCUT2D eigenvalue weighted by Crippen LogP contribution is 2.27. The predicted molar refractivity (Wildman–Crippen MR) is 101 cm³/mol. The monoisotopic (exact) mass is 391 g/mol. The second kappa shape index (κ2) is 8.65. The molecule has 1 amide bonds. The molecule has 0 bridgehead atoms. The number of phenols is 1. The Morgan fingerprint density at radius 1 is 1.26 bits per heavy atom. The van der Waals surface area contributed by atoms with Crippen molar-refractivity contribution >= 4 is 22.1 Å². The van der Waals surface area contributed by atoms with E-state index in [1.54, 1.807) is 30.3 Å². The number of carbonyl (C=O) groups excluding carboxylic acids is 1. The van der Waals surface area contributed by atoms with Gasteiger partial charge < -0.3 is 9.84 Å². The van der Waals surface area contributed by atoms with Gasteiger partial charge in [0, 0.05) is 12.6 Å². The number of para-hydroxylation sites is 1. The van der Waals surface area contributed by atoms with Gasteiger partial charge in [0.2, 0.25) is 10.0 Å². The molecule has 0 fully saturated rings. The van der Waals surface area contributed by atoms with Crippen molar-refractivity contribution in [2.45, 2.75) is 11.8 Å². The number of sulfonamides is 1. The number of methoxy groups -OCH3 is 1. The lowest BCUT2D eigenvalue weighted by molar-refractivity contribution is -0.121. The SMILES string of the molecule is COc1cccc(C=NNC(=O)CN(C)S(=O)(=O)c2ccc(C)cc2)c1O. The number of nitrogens with zero attached hydrogens (tertiary/aromatic N) is 2. The Morgan fingerprint density at radius 3 is 2.56 bits per heavy atom. The number of amides is 1.